The van der Waals surface area contributed by atoms with E-state index in [1.807, 2.05) is 0 Å². The van der Waals surface area contributed by atoms with E-state index in [1.54, 1.807) is 7.05 Å². The van der Waals surface area contributed by atoms with Crippen molar-refractivity contribution in [2.24, 2.45) is 4.99 Å². The first-order chi connectivity index (χ1) is 11.3. The van der Waals surface area contributed by atoms with Crippen molar-refractivity contribution in [1.82, 2.24) is 15.1 Å². The van der Waals surface area contributed by atoms with Gasteiger partial charge in [0.2, 0.25) is 0 Å². The molecular formula is C18H24N4O. The molecule has 2 aliphatic heterocycles. The van der Waals surface area contributed by atoms with Gasteiger partial charge in [-0.3, -0.25) is 9.89 Å². The van der Waals surface area contributed by atoms with Crippen LogP contribution < -0.4 is 5.32 Å². The number of benzene rings is 1. The van der Waals surface area contributed by atoms with Crippen molar-refractivity contribution in [1.29, 1.82) is 0 Å². The number of nitrogens with one attached hydrogen (secondary N) is 1. The van der Waals surface area contributed by atoms with Crippen LogP contribution in [0.15, 0.2) is 35.3 Å². The number of ether oxygens (including phenoxy) is 1. The van der Waals surface area contributed by atoms with E-state index in [-0.39, 0.29) is 6.10 Å². The predicted octanol–water partition coefficient (Wildman–Crippen LogP) is 0.780. The molecule has 2 aliphatic rings. The summed E-state index contributed by atoms with van der Waals surface area (Å²) in [4.78, 5) is 9.11. The van der Waals surface area contributed by atoms with Crippen molar-refractivity contribution < 1.29 is 4.74 Å². The number of likely N-dealkylation sites (tertiary alicyclic amines) is 1. The Morgan fingerprint density at radius 2 is 2.22 bits per heavy atom. The average molecular weight is 312 g/mol. The molecule has 5 heteroatoms. The zero-order valence-corrected chi connectivity index (χ0v) is 13.6. The van der Waals surface area contributed by atoms with Gasteiger partial charge < -0.3 is 15.0 Å². The van der Waals surface area contributed by atoms with Gasteiger partial charge >= 0.3 is 0 Å². The summed E-state index contributed by atoms with van der Waals surface area (Å²) >= 11 is 0. The Morgan fingerprint density at radius 1 is 1.39 bits per heavy atom. The Labute approximate surface area is 138 Å². The lowest BCUT2D eigenvalue weighted by Crippen LogP contribution is -2.50. The topological polar surface area (TPSA) is 40.1 Å². The van der Waals surface area contributed by atoms with Gasteiger partial charge in [-0.05, 0) is 5.56 Å². The molecule has 0 amide bonds. The van der Waals surface area contributed by atoms with Gasteiger partial charge in [-0.25, -0.2) is 0 Å². The second-order valence-corrected chi connectivity index (χ2v) is 5.94. The molecule has 2 unspecified atom stereocenters. The smallest absolute Gasteiger partial charge is 0.194 e. The molecule has 0 spiro atoms. The number of morpholine rings is 1. The van der Waals surface area contributed by atoms with Crippen molar-refractivity contribution in [2.75, 3.05) is 39.8 Å². The van der Waals surface area contributed by atoms with Gasteiger partial charge in [0.15, 0.2) is 5.96 Å². The summed E-state index contributed by atoms with van der Waals surface area (Å²) in [5, 5.41) is 3.20. The fourth-order valence-corrected chi connectivity index (χ4v) is 3.41. The third-order valence-electron chi connectivity index (χ3n) is 4.50. The van der Waals surface area contributed by atoms with Crippen LogP contribution in [0.5, 0.6) is 0 Å². The first-order valence-electron chi connectivity index (χ1n) is 8.10. The number of hydrogen-bond acceptors (Lipinski definition) is 3. The molecular weight excluding hydrogens is 288 g/mol. The van der Waals surface area contributed by atoms with E-state index in [0.717, 1.165) is 38.7 Å². The number of rotatable bonds is 3. The molecule has 0 aromatic heterocycles. The van der Waals surface area contributed by atoms with Crippen LogP contribution in [0.25, 0.3) is 0 Å². The maximum Gasteiger partial charge on any atom is 0.194 e. The van der Waals surface area contributed by atoms with Crippen molar-refractivity contribution in [3.63, 3.8) is 0 Å². The van der Waals surface area contributed by atoms with Crippen LogP contribution in [-0.4, -0.2) is 67.7 Å². The number of fused-ring (bicyclic) bond motifs is 1. The fraction of sp³-hybridized carbons (Fsp3) is 0.500. The lowest BCUT2D eigenvalue weighted by Gasteiger charge is -2.36. The molecule has 122 valence electrons. The molecule has 0 radical (unpaired) electrons. The van der Waals surface area contributed by atoms with Crippen LogP contribution in [-0.2, 0) is 11.3 Å². The van der Waals surface area contributed by atoms with E-state index < -0.39 is 0 Å². The average Bonchev–Trinajstić information content (AvgIpc) is 3.02. The van der Waals surface area contributed by atoms with Gasteiger partial charge in [0.05, 0.1) is 25.3 Å². The largest absolute Gasteiger partial charge is 0.373 e. The zero-order chi connectivity index (χ0) is 16.1. The van der Waals surface area contributed by atoms with Crippen LogP contribution in [0.3, 0.4) is 0 Å². The van der Waals surface area contributed by atoms with Gasteiger partial charge in [0, 0.05) is 33.2 Å². The zero-order valence-electron chi connectivity index (χ0n) is 13.6. The Kier molecular flexibility index (Phi) is 5.16. The minimum atomic E-state index is 0.233. The predicted molar refractivity (Wildman–Crippen MR) is 92.1 cm³/mol. The van der Waals surface area contributed by atoms with Gasteiger partial charge in [0.1, 0.15) is 0 Å². The van der Waals surface area contributed by atoms with E-state index in [1.165, 1.54) is 5.56 Å². The standard InChI is InChI=1S/C18H24N4O/c1-3-9-20-18(19-2)22-13-16-17(14-22)23-11-10-21(16)12-15-7-5-4-6-8-15/h1,4-8,16-17H,9-14H2,2H3,(H,19,20). The monoisotopic (exact) mass is 312 g/mol. The number of guanidine groups is 1. The van der Waals surface area contributed by atoms with E-state index in [0.29, 0.717) is 12.6 Å². The maximum atomic E-state index is 5.99. The molecule has 0 bridgehead atoms. The number of nitrogens with zero attached hydrogens (tertiary/aromatic N) is 3. The third-order valence-corrected chi connectivity index (χ3v) is 4.50. The Morgan fingerprint density at radius 3 is 2.96 bits per heavy atom. The van der Waals surface area contributed by atoms with Crippen molar-refractivity contribution >= 4 is 5.96 Å². The molecule has 1 aromatic rings. The molecule has 3 rings (SSSR count). The number of terminal acetylenes is 1. The third kappa shape index (κ3) is 3.66. The maximum absolute atomic E-state index is 5.99. The summed E-state index contributed by atoms with van der Waals surface area (Å²) in [6.07, 6.45) is 5.57. The summed E-state index contributed by atoms with van der Waals surface area (Å²) in [5.74, 6) is 3.46. The molecule has 2 heterocycles. The molecule has 1 N–H and O–H groups in total. The van der Waals surface area contributed by atoms with Gasteiger partial charge in [-0.2, -0.15) is 0 Å². The molecule has 23 heavy (non-hydrogen) atoms. The molecule has 2 saturated heterocycles. The first-order valence-corrected chi connectivity index (χ1v) is 8.10. The number of hydrogen-bond donors (Lipinski definition) is 1. The Balaban J connectivity index is 1.66. The van der Waals surface area contributed by atoms with Gasteiger partial charge in [0.25, 0.3) is 0 Å². The Hall–Kier alpha value is -2.03. The van der Waals surface area contributed by atoms with Crippen molar-refractivity contribution in [3.05, 3.63) is 35.9 Å². The molecule has 2 atom stereocenters. The van der Waals surface area contributed by atoms with Crippen LogP contribution in [0.2, 0.25) is 0 Å². The highest BCUT2D eigenvalue weighted by Crippen LogP contribution is 2.24. The first kappa shape index (κ1) is 15.9. The van der Waals surface area contributed by atoms with E-state index in [2.05, 4.69) is 56.4 Å². The lowest BCUT2D eigenvalue weighted by atomic mass is 10.1. The minimum absolute atomic E-state index is 0.233. The normalized spacial score (nSPS) is 25.0. The van der Waals surface area contributed by atoms with Crippen LogP contribution in [0.4, 0.5) is 0 Å². The molecule has 0 aliphatic carbocycles. The lowest BCUT2D eigenvalue weighted by molar-refractivity contribution is -0.0502. The van der Waals surface area contributed by atoms with Crippen LogP contribution in [0.1, 0.15) is 5.56 Å². The van der Waals surface area contributed by atoms with Gasteiger partial charge in [-0.1, -0.05) is 36.3 Å². The summed E-state index contributed by atoms with van der Waals surface area (Å²) in [7, 11) is 1.80. The van der Waals surface area contributed by atoms with Crippen LogP contribution >= 0.6 is 0 Å². The van der Waals surface area contributed by atoms with Crippen LogP contribution in [0, 0.1) is 12.3 Å². The highest BCUT2D eigenvalue weighted by atomic mass is 16.5. The summed E-state index contributed by atoms with van der Waals surface area (Å²) < 4.78 is 5.99. The quantitative estimate of drug-likeness (QED) is 0.509. The minimum Gasteiger partial charge on any atom is -0.373 e. The molecule has 0 saturated carbocycles. The molecule has 1 aromatic carbocycles. The second kappa shape index (κ2) is 7.49. The number of aliphatic imine (C=N–C) groups is 1. The van der Waals surface area contributed by atoms with Crippen molar-refractivity contribution in [2.45, 2.75) is 18.7 Å². The second-order valence-electron chi connectivity index (χ2n) is 5.94. The SMILES string of the molecule is C#CCNC(=NC)N1CC2OCCN(Cc3ccccc3)C2C1. The highest BCUT2D eigenvalue weighted by molar-refractivity contribution is 5.80. The van der Waals surface area contributed by atoms with Gasteiger partial charge in [-0.15, -0.1) is 6.42 Å². The molecule has 2 fully saturated rings. The summed E-state index contributed by atoms with van der Waals surface area (Å²) in [6, 6.07) is 11.0. The van der Waals surface area contributed by atoms with E-state index >= 15 is 0 Å². The highest BCUT2D eigenvalue weighted by Gasteiger charge is 2.40. The van der Waals surface area contributed by atoms with E-state index in [9.17, 15) is 0 Å². The summed E-state index contributed by atoms with van der Waals surface area (Å²) in [6.45, 7) is 5.00. The molecule has 5 nitrogen and oxygen atoms in total. The van der Waals surface area contributed by atoms with Crippen molar-refractivity contribution in [3.8, 4) is 12.3 Å². The fourth-order valence-electron chi connectivity index (χ4n) is 3.41. The van der Waals surface area contributed by atoms with E-state index in [4.69, 9.17) is 11.2 Å². The Bertz CT molecular complexity index is 580. The summed E-state index contributed by atoms with van der Waals surface area (Å²) in [5.41, 5.74) is 1.35.